The number of hydrogen-bond donors (Lipinski definition) is 0. The first-order valence-corrected chi connectivity index (χ1v) is 9.57. The summed E-state index contributed by atoms with van der Waals surface area (Å²) in [5, 5.41) is 0.948. The molecule has 0 bridgehead atoms. The highest BCUT2D eigenvalue weighted by Crippen LogP contribution is 2.40. The lowest BCUT2D eigenvalue weighted by Crippen LogP contribution is -2.36. The van der Waals surface area contributed by atoms with Crippen molar-refractivity contribution < 1.29 is 9.53 Å². The molecule has 1 amide bonds. The van der Waals surface area contributed by atoms with Crippen LogP contribution in [0, 0.1) is 0 Å². The van der Waals surface area contributed by atoms with Gasteiger partial charge in [0, 0.05) is 30.1 Å². The minimum Gasteiger partial charge on any atom is -0.497 e. The van der Waals surface area contributed by atoms with E-state index in [0.717, 1.165) is 40.9 Å². The Morgan fingerprint density at radius 1 is 1.11 bits per heavy atom. The number of ether oxygens (including phenoxy) is 1. The molecule has 0 unspecified atom stereocenters. The summed E-state index contributed by atoms with van der Waals surface area (Å²) < 4.78 is 5.36. The third-order valence-corrected chi connectivity index (χ3v) is 5.67. The molecule has 3 aromatic rings. The van der Waals surface area contributed by atoms with E-state index in [1.807, 2.05) is 41.3 Å². The monoisotopic (exact) mass is 358 g/mol. The van der Waals surface area contributed by atoms with E-state index in [9.17, 15) is 4.79 Å². The third-order valence-electron chi connectivity index (χ3n) is 5.67. The van der Waals surface area contributed by atoms with Gasteiger partial charge in [-0.15, -0.1) is 0 Å². The zero-order valence-electron chi connectivity index (χ0n) is 15.4. The van der Waals surface area contributed by atoms with Crippen molar-refractivity contribution in [3.8, 4) is 5.75 Å². The minimum atomic E-state index is 0.101. The molecule has 2 aromatic carbocycles. The average molecular weight is 358 g/mol. The molecule has 4 heteroatoms. The van der Waals surface area contributed by atoms with Gasteiger partial charge in [0.05, 0.1) is 18.2 Å². The second-order valence-electron chi connectivity index (χ2n) is 7.50. The van der Waals surface area contributed by atoms with Crippen LogP contribution in [0.15, 0.2) is 48.5 Å². The minimum absolute atomic E-state index is 0.101. The second kappa shape index (κ2) is 6.38. The van der Waals surface area contributed by atoms with Gasteiger partial charge in [0.15, 0.2) is 0 Å². The van der Waals surface area contributed by atoms with Crippen LogP contribution in [-0.4, -0.2) is 29.4 Å². The fourth-order valence-electron chi connectivity index (χ4n) is 3.97. The Labute approximate surface area is 158 Å². The number of rotatable bonds is 3. The van der Waals surface area contributed by atoms with Crippen molar-refractivity contribution in [1.29, 1.82) is 0 Å². The largest absolute Gasteiger partial charge is 0.497 e. The highest BCUT2D eigenvalue weighted by molar-refractivity contribution is 6.06. The van der Waals surface area contributed by atoms with Crippen LogP contribution in [0.3, 0.4) is 0 Å². The van der Waals surface area contributed by atoms with Crippen molar-refractivity contribution in [2.45, 2.75) is 31.7 Å². The lowest BCUT2D eigenvalue weighted by molar-refractivity contribution is 0.0736. The van der Waals surface area contributed by atoms with Gasteiger partial charge in [0.2, 0.25) is 0 Å². The van der Waals surface area contributed by atoms with Crippen LogP contribution in [0.5, 0.6) is 5.75 Å². The van der Waals surface area contributed by atoms with Gasteiger partial charge in [-0.05, 0) is 54.7 Å². The third kappa shape index (κ3) is 2.95. The number of carbonyl (C=O) groups excluding carboxylic acids is 1. The highest BCUT2D eigenvalue weighted by atomic mass is 16.5. The van der Waals surface area contributed by atoms with E-state index in [1.165, 1.54) is 24.0 Å². The van der Waals surface area contributed by atoms with Crippen LogP contribution in [-0.2, 0) is 13.0 Å². The number of nitrogens with zero attached hydrogens (tertiary/aromatic N) is 2. The van der Waals surface area contributed by atoms with Crippen LogP contribution in [0.1, 0.15) is 45.9 Å². The molecule has 27 heavy (non-hydrogen) atoms. The Morgan fingerprint density at radius 3 is 2.78 bits per heavy atom. The smallest absolute Gasteiger partial charge is 0.254 e. The number of benzene rings is 2. The molecule has 1 saturated carbocycles. The number of pyridine rings is 1. The fourth-order valence-corrected chi connectivity index (χ4v) is 3.97. The Morgan fingerprint density at radius 2 is 1.96 bits per heavy atom. The van der Waals surface area contributed by atoms with Crippen LogP contribution in [0.25, 0.3) is 10.9 Å². The summed E-state index contributed by atoms with van der Waals surface area (Å²) in [5.74, 6) is 1.46. The van der Waals surface area contributed by atoms with E-state index in [1.54, 1.807) is 7.11 Å². The predicted molar refractivity (Wildman–Crippen MR) is 105 cm³/mol. The first-order valence-electron chi connectivity index (χ1n) is 9.57. The molecule has 1 aliphatic heterocycles. The van der Waals surface area contributed by atoms with E-state index in [-0.39, 0.29) is 5.91 Å². The van der Waals surface area contributed by atoms with E-state index < -0.39 is 0 Å². The zero-order valence-corrected chi connectivity index (χ0v) is 15.4. The summed E-state index contributed by atoms with van der Waals surface area (Å²) in [4.78, 5) is 20.2. The van der Waals surface area contributed by atoms with Gasteiger partial charge in [0.1, 0.15) is 5.75 Å². The molecule has 1 aliphatic carbocycles. The van der Waals surface area contributed by atoms with E-state index in [0.29, 0.717) is 12.5 Å². The molecule has 1 aromatic heterocycles. The molecule has 1 fully saturated rings. The van der Waals surface area contributed by atoms with Crippen molar-refractivity contribution in [3.05, 3.63) is 70.9 Å². The molecular formula is C23H22N2O2. The van der Waals surface area contributed by atoms with Gasteiger partial charge < -0.3 is 9.64 Å². The summed E-state index contributed by atoms with van der Waals surface area (Å²) in [6.45, 7) is 1.37. The van der Waals surface area contributed by atoms with Crippen molar-refractivity contribution in [2.24, 2.45) is 0 Å². The SMILES string of the molecule is COc1ccc2c(c1)CN(C(=O)c1cc(C3CC3)nc3ccccc13)CC2. The molecular weight excluding hydrogens is 336 g/mol. The Hall–Kier alpha value is -2.88. The van der Waals surface area contributed by atoms with Gasteiger partial charge in [-0.25, -0.2) is 0 Å². The number of carbonyl (C=O) groups is 1. The second-order valence-corrected chi connectivity index (χ2v) is 7.50. The molecule has 0 N–H and O–H groups in total. The van der Waals surface area contributed by atoms with Crippen molar-refractivity contribution in [2.75, 3.05) is 13.7 Å². The lowest BCUT2D eigenvalue weighted by Gasteiger charge is -2.29. The van der Waals surface area contributed by atoms with Crippen LogP contribution in [0.4, 0.5) is 0 Å². The number of hydrogen-bond acceptors (Lipinski definition) is 3. The summed E-state index contributed by atoms with van der Waals surface area (Å²) in [7, 11) is 1.68. The predicted octanol–water partition coefficient (Wildman–Crippen LogP) is 4.32. The number of amides is 1. The molecule has 0 radical (unpaired) electrons. The van der Waals surface area contributed by atoms with E-state index >= 15 is 0 Å². The number of aromatic nitrogens is 1. The molecule has 0 saturated heterocycles. The summed E-state index contributed by atoms with van der Waals surface area (Å²) in [5.41, 5.74) is 5.25. The topological polar surface area (TPSA) is 42.4 Å². The quantitative estimate of drug-likeness (QED) is 0.700. The Bertz CT molecular complexity index is 1040. The van der Waals surface area contributed by atoms with Gasteiger partial charge >= 0.3 is 0 Å². The van der Waals surface area contributed by atoms with Crippen molar-refractivity contribution >= 4 is 16.8 Å². The molecule has 0 atom stereocenters. The van der Waals surface area contributed by atoms with E-state index in [4.69, 9.17) is 9.72 Å². The van der Waals surface area contributed by atoms with Crippen molar-refractivity contribution in [1.82, 2.24) is 9.88 Å². The van der Waals surface area contributed by atoms with Gasteiger partial charge in [-0.2, -0.15) is 0 Å². The summed E-state index contributed by atoms with van der Waals surface area (Å²) in [6.07, 6.45) is 3.23. The maximum absolute atomic E-state index is 13.4. The average Bonchev–Trinajstić information content (AvgIpc) is 3.57. The van der Waals surface area contributed by atoms with Crippen LogP contribution >= 0.6 is 0 Å². The molecule has 136 valence electrons. The van der Waals surface area contributed by atoms with Gasteiger partial charge in [-0.3, -0.25) is 9.78 Å². The van der Waals surface area contributed by atoms with Gasteiger partial charge in [0.25, 0.3) is 5.91 Å². The first kappa shape index (κ1) is 16.3. The number of methoxy groups -OCH3 is 1. The fraction of sp³-hybridized carbons (Fsp3) is 0.304. The maximum atomic E-state index is 13.4. The van der Waals surface area contributed by atoms with Crippen LogP contribution < -0.4 is 4.74 Å². The molecule has 4 nitrogen and oxygen atoms in total. The molecule has 0 spiro atoms. The first-order chi connectivity index (χ1) is 13.2. The van der Waals surface area contributed by atoms with Gasteiger partial charge in [-0.1, -0.05) is 24.3 Å². The zero-order chi connectivity index (χ0) is 18.4. The molecule has 5 rings (SSSR count). The number of para-hydroxylation sites is 1. The standard InChI is InChI=1S/C23H22N2O2/c1-27-18-9-8-15-10-11-25(14-17(15)12-18)23(26)20-13-22(16-6-7-16)24-21-5-3-2-4-19(20)21/h2-5,8-9,12-13,16H,6-7,10-11,14H2,1H3. The van der Waals surface area contributed by atoms with Crippen molar-refractivity contribution in [3.63, 3.8) is 0 Å². The summed E-state index contributed by atoms with van der Waals surface area (Å²) >= 11 is 0. The Kier molecular flexibility index (Phi) is 3.85. The summed E-state index contributed by atoms with van der Waals surface area (Å²) in [6, 6.07) is 16.2. The normalized spacial score (nSPS) is 16.3. The molecule has 2 aliphatic rings. The molecule has 2 heterocycles. The lowest BCUT2D eigenvalue weighted by atomic mass is 9.98. The van der Waals surface area contributed by atoms with E-state index in [2.05, 4.69) is 12.1 Å². The Balaban J connectivity index is 1.52. The highest BCUT2D eigenvalue weighted by Gasteiger charge is 2.29. The van der Waals surface area contributed by atoms with Crippen LogP contribution in [0.2, 0.25) is 0 Å². The maximum Gasteiger partial charge on any atom is 0.254 e. The number of fused-ring (bicyclic) bond motifs is 2.